The van der Waals surface area contributed by atoms with Crippen molar-refractivity contribution >= 4 is 64.8 Å². The van der Waals surface area contributed by atoms with E-state index in [1.807, 2.05) is 11.6 Å². The number of rotatable bonds is 3. The van der Waals surface area contributed by atoms with Gasteiger partial charge in [0.25, 0.3) is 0 Å². The first-order chi connectivity index (χ1) is 13.7. The molecule has 0 bridgehead atoms. The Morgan fingerprint density at radius 3 is 2.64 bits per heavy atom. The summed E-state index contributed by atoms with van der Waals surface area (Å²) in [5, 5.41) is 12.5. The molecule has 0 spiro atoms. The third-order valence-corrected chi connectivity index (χ3v) is 7.60. The highest BCUT2D eigenvalue weighted by Crippen LogP contribution is 2.40. The minimum Gasteiger partial charge on any atom is -0.231 e. The van der Waals surface area contributed by atoms with Gasteiger partial charge in [0.1, 0.15) is 0 Å². The third-order valence-electron chi connectivity index (χ3n) is 4.96. The second-order valence-electron chi connectivity index (χ2n) is 6.62. The standard InChI is InChI=1S/C22H15Br2N3S/c23-18-9-8-15(12-19(18)24)20-13-21(27(26-20)22-25-10-11-28-22)17-7-3-5-14-4-1-2-6-16(14)17/h1-12,21H,13H2. The Morgan fingerprint density at radius 1 is 0.964 bits per heavy atom. The normalized spacial score (nSPS) is 16.6. The largest absolute Gasteiger partial charge is 0.231 e. The number of halogens is 2. The van der Waals surface area contributed by atoms with E-state index in [4.69, 9.17) is 5.10 Å². The fraction of sp³-hybridized carbons (Fsp3) is 0.0909. The van der Waals surface area contributed by atoms with Gasteiger partial charge in [0.05, 0.1) is 11.8 Å². The van der Waals surface area contributed by atoms with Crippen LogP contribution in [0, 0.1) is 0 Å². The Hall–Kier alpha value is -2.02. The average Bonchev–Trinajstić information content (AvgIpc) is 3.39. The molecule has 28 heavy (non-hydrogen) atoms. The van der Waals surface area contributed by atoms with Gasteiger partial charge in [0, 0.05) is 26.9 Å². The third kappa shape index (κ3) is 3.19. The molecule has 3 nitrogen and oxygen atoms in total. The molecule has 138 valence electrons. The molecule has 2 heterocycles. The van der Waals surface area contributed by atoms with Crippen LogP contribution in [0.15, 0.2) is 86.3 Å². The van der Waals surface area contributed by atoms with E-state index < -0.39 is 0 Å². The Bertz CT molecular complexity index is 1180. The topological polar surface area (TPSA) is 28.5 Å². The van der Waals surface area contributed by atoms with Crippen LogP contribution in [0.1, 0.15) is 23.6 Å². The Kier molecular flexibility index (Phi) is 4.78. The zero-order valence-corrected chi connectivity index (χ0v) is 18.7. The van der Waals surface area contributed by atoms with Crippen LogP contribution in [0.2, 0.25) is 0 Å². The lowest BCUT2D eigenvalue weighted by Crippen LogP contribution is -2.18. The van der Waals surface area contributed by atoms with E-state index in [-0.39, 0.29) is 6.04 Å². The molecule has 4 aromatic rings. The summed E-state index contributed by atoms with van der Waals surface area (Å²) >= 11 is 8.78. The van der Waals surface area contributed by atoms with Crippen LogP contribution >= 0.6 is 43.2 Å². The molecule has 0 amide bonds. The lowest BCUT2D eigenvalue weighted by atomic mass is 9.94. The van der Waals surface area contributed by atoms with E-state index in [0.29, 0.717) is 0 Å². The molecule has 1 unspecified atom stereocenters. The minimum absolute atomic E-state index is 0.120. The van der Waals surface area contributed by atoms with Gasteiger partial charge in [-0.3, -0.25) is 0 Å². The van der Waals surface area contributed by atoms with Gasteiger partial charge in [-0.25, -0.2) is 9.99 Å². The van der Waals surface area contributed by atoms with Crippen molar-refractivity contribution in [2.75, 3.05) is 5.01 Å². The van der Waals surface area contributed by atoms with Crippen LogP contribution in [-0.2, 0) is 0 Å². The van der Waals surface area contributed by atoms with Crippen molar-refractivity contribution in [2.24, 2.45) is 5.10 Å². The SMILES string of the molecule is Brc1ccc(C2=NN(c3nccs3)C(c3cccc4ccccc34)C2)cc1Br. The molecule has 0 radical (unpaired) electrons. The fourth-order valence-corrected chi connectivity index (χ4v) is 4.92. The quantitative estimate of drug-likeness (QED) is 0.291. The molecule has 0 aliphatic carbocycles. The van der Waals surface area contributed by atoms with Crippen LogP contribution in [0.5, 0.6) is 0 Å². The molecule has 5 rings (SSSR count). The number of nitrogens with zero attached hydrogens (tertiary/aromatic N) is 3. The highest BCUT2D eigenvalue weighted by Gasteiger charge is 2.32. The van der Waals surface area contributed by atoms with Gasteiger partial charge in [-0.2, -0.15) is 5.10 Å². The van der Waals surface area contributed by atoms with Gasteiger partial charge >= 0.3 is 0 Å². The lowest BCUT2D eigenvalue weighted by molar-refractivity contribution is 0.711. The summed E-state index contributed by atoms with van der Waals surface area (Å²) in [6, 6.07) is 21.4. The van der Waals surface area contributed by atoms with Crippen LogP contribution in [0.4, 0.5) is 5.13 Å². The number of hydrogen-bond donors (Lipinski definition) is 0. The highest BCUT2D eigenvalue weighted by atomic mass is 79.9. The summed E-state index contributed by atoms with van der Waals surface area (Å²) in [7, 11) is 0. The average molecular weight is 513 g/mol. The number of hydrogen-bond acceptors (Lipinski definition) is 4. The zero-order chi connectivity index (χ0) is 19.1. The van der Waals surface area contributed by atoms with Crippen molar-refractivity contribution in [3.63, 3.8) is 0 Å². The maximum absolute atomic E-state index is 5.00. The summed E-state index contributed by atoms with van der Waals surface area (Å²) in [4.78, 5) is 4.53. The first-order valence-electron chi connectivity index (χ1n) is 8.90. The van der Waals surface area contributed by atoms with Crippen molar-refractivity contribution in [1.82, 2.24) is 4.98 Å². The molecule has 6 heteroatoms. The van der Waals surface area contributed by atoms with Gasteiger partial charge in [-0.15, -0.1) is 11.3 Å². The predicted molar refractivity (Wildman–Crippen MR) is 124 cm³/mol. The Balaban J connectivity index is 1.62. The smallest absolute Gasteiger partial charge is 0.206 e. The molecule has 3 aromatic carbocycles. The van der Waals surface area contributed by atoms with Crippen LogP contribution < -0.4 is 5.01 Å². The minimum atomic E-state index is 0.120. The Labute approximate surface area is 184 Å². The van der Waals surface area contributed by atoms with E-state index in [0.717, 1.165) is 31.8 Å². The number of benzene rings is 3. The molecule has 1 aliphatic heterocycles. The number of hydrazone groups is 1. The van der Waals surface area contributed by atoms with Gasteiger partial charge in [0.2, 0.25) is 5.13 Å². The van der Waals surface area contributed by atoms with Gasteiger partial charge in [-0.1, -0.05) is 48.5 Å². The second-order valence-corrected chi connectivity index (χ2v) is 9.20. The lowest BCUT2D eigenvalue weighted by Gasteiger charge is -2.22. The maximum atomic E-state index is 5.00. The van der Waals surface area contributed by atoms with Gasteiger partial charge < -0.3 is 0 Å². The van der Waals surface area contributed by atoms with E-state index in [1.54, 1.807) is 11.3 Å². The van der Waals surface area contributed by atoms with Crippen molar-refractivity contribution < 1.29 is 0 Å². The van der Waals surface area contributed by atoms with E-state index in [9.17, 15) is 0 Å². The monoisotopic (exact) mass is 511 g/mol. The van der Waals surface area contributed by atoms with E-state index in [2.05, 4.69) is 103 Å². The first kappa shape index (κ1) is 18.0. The molecule has 0 N–H and O–H groups in total. The van der Waals surface area contributed by atoms with E-state index in [1.165, 1.54) is 16.3 Å². The second kappa shape index (κ2) is 7.43. The molecule has 0 saturated carbocycles. The Morgan fingerprint density at radius 2 is 1.82 bits per heavy atom. The van der Waals surface area contributed by atoms with Crippen molar-refractivity contribution in [2.45, 2.75) is 12.5 Å². The van der Waals surface area contributed by atoms with Gasteiger partial charge in [0.15, 0.2) is 0 Å². The zero-order valence-electron chi connectivity index (χ0n) is 14.7. The highest BCUT2D eigenvalue weighted by molar-refractivity contribution is 9.13. The molecular formula is C22H15Br2N3S. The maximum Gasteiger partial charge on any atom is 0.206 e. The molecule has 0 fully saturated rings. The molecule has 1 aliphatic rings. The first-order valence-corrected chi connectivity index (χ1v) is 11.4. The molecule has 1 atom stereocenters. The number of anilines is 1. The van der Waals surface area contributed by atoms with Crippen LogP contribution in [0.3, 0.4) is 0 Å². The van der Waals surface area contributed by atoms with Crippen LogP contribution in [0.25, 0.3) is 10.8 Å². The molecule has 1 aromatic heterocycles. The number of thiazole rings is 1. The van der Waals surface area contributed by atoms with Crippen LogP contribution in [-0.4, -0.2) is 10.7 Å². The predicted octanol–water partition coefficient (Wildman–Crippen LogP) is 7.18. The van der Waals surface area contributed by atoms with Crippen molar-refractivity contribution in [3.05, 3.63) is 92.3 Å². The summed E-state index contributed by atoms with van der Waals surface area (Å²) in [6.45, 7) is 0. The van der Waals surface area contributed by atoms with E-state index >= 15 is 0 Å². The summed E-state index contributed by atoms with van der Waals surface area (Å²) in [6.07, 6.45) is 2.67. The van der Waals surface area contributed by atoms with Gasteiger partial charge in [-0.05, 0) is 65.9 Å². The van der Waals surface area contributed by atoms with Crippen molar-refractivity contribution in [3.8, 4) is 0 Å². The molecular weight excluding hydrogens is 498 g/mol. The molecule has 0 saturated heterocycles. The summed E-state index contributed by atoms with van der Waals surface area (Å²) in [5.41, 5.74) is 3.48. The van der Waals surface area contributed by atoms with Crippen molar-refractivity contribution in [1.29, 1.82) is 0 Å². The summed E-state index contributed by atoms with van der Waals surface area (Å²) in [5.74, 6) is 0. The summed E-state index contributed by atoms with van der Waals surface area (Å²) < 4.78 is 2.07. The fourth-order valence-electron chi connectivity index (χ4n) is 3.65. The number of fused-ring (bicyclic) bond motifs is 1. The number of aromatic nitrogens is 1.